The van der Waals surface area contributed by atoms with Crippen LogP contribution >= 0.6 is 0 Å². The molecule has 6 heteroatoms. The van der Waals surface area contributed by atoms with Crippen molar-refractivity contribution in [1.29, 1.82) is 0 Å². The summed E-state index contributed by atoms with van der Waals surface area (Å²) in [4.78, 5) is 38.0. The molecular formula is C58H90O6. The molecule has 0 N–H and O–H groups in total. The highest BCUT2D eigenvalue weighted by atomic mass is 16.6. The highest BCUT2D eigenvalue weighted by Gasteiger charge is 2.19. The van der Waals surface area contributed by atoms with Crippen molar-refractivity contribution in [3.05, 3.63) is 134 Å². The number of carbonyl (C=O) groups is 3. The van der Waals surface area contributed by atoms with Crippen molar-refractivity contribution < 1.29 is 28.6 Å². The number of ether oxygens (including phenoxy) is 3. The largest absolute Gasteiger partial charge is 0.462 e. The van der Waals surface area contributed by atoms with Gasteiger partial charge in [-0.3, -0.25) is 14.4 Å². The van der Waals surface area contributed by atoms with E-state index in [1.54, 1.807) is 0 Å². The second-order valence-corrected chi connectivity index (χ2v) is 16.2. The maximum Gasteiger partial charge on any atom is 0.306 e. The summed E-state index contributed by atoms with van der Waals surface area (Å²) in [7, 11) is 0. The minimum Gasteiger partial charge on any atom is -0.462 e. The Labute approximate surface area is 392 Å². The zero-order chi connectivity index (χ0) is 46.5. The van der Waals surface area contributed by atoms with Gasteiger partial charge in [0.1, 0.15) is 13.2 Å². The number of hydrogen-bond donors (Lipinski definition) is 0. The van der Waals surface area contributed by atoms with Gasteiger partial charge >= 0.3 is 17.9 Å². The molecule has 358 valence electrons. The van der Waals surface area contributed by atoms with Crippen LogP contribution in [-0.4, -0.2) is 37.2 Å². The maximum atomic E-state index is 12.8. The molecule has 0 amide bonds. The van der Waals surface area contributed by atoms with E-state index in [2.05, 4.69) is 75.5 Å². The summed E-state index contributed by atoms with van der Waals surface area (Å²) >= 11 is 0. The van der Waals surface area contributed by atoms with Crippen LogP contribution in [0, 0.1) is 0 Å². The Balaban J connectivity index is 4.56. The Morgan fingerprint density at radius 3 is 1.02 bits per heavy atom. The third kappa shape index (κ3) is 48.6. The van der Waals surface area contributed by atoms with E-state index in [0.717, 1.165) is 109 Å². The second kappa shape index (κ2) is 51.2. The molecule has 0 heterocycles. The molecule has 0 aromatic heterocycles. The first kappa shape index (κ1) is 59.5. The zero-order valence-electron chi connectivity index (χ0n) is 40.7. The van der Waals surface area contributed by atoms with Crippen LogP contribution in [0.3, 0.4) is 0 Å². The lowest BCUT2D eigenvalue weighted by atomic mass is 10.1. The van der Waals surface area contributed by atoms with Crippen molar-refractivity contribution in [2.45, 2.75) is 200 Å². The fourth-order valence-corrected chi connectivity index (χ4v) is 6.36. The van der Waals surface area contributed by atoms with Gasteiger partial charge in [-0.1, -0.05) is 225 Å². The predicted molar refractivity (Wildman–Crippen MR) is 274 cm³/mol. The summed E-state index contributed by atoms with van der Waals surface area (Å²) in [5, 5.41) is 0. The van der Waals surface area contributed by atoms with E-state index in [1.165, 1.54) is 44.9 Å². The standard InChI is InChI=1S/C58H90O6/c1-4-7-10-13-16-19-22-25-27-28-29-30-31-34-36-39-42-45-48-51-57(60)63-54-55(53-62-56(59)50-47-44-41-38-35-32-24-21-18-15-12-9-6-3)64-58(61)52-49-46-43-40-37-33-26-23-20-17-14-11-8-5-2/h7,9-10,12-13,15-16,18-19,21-22,24-25,27-31,33-34,36-37,55H,4-6,8,11,14,17,20,23,26,32,35,38-54H2,1-3H3/b10-7+,12-9+,16-13+,18-15+,22-19+,24-21+,27-25+,29-28+,31-30+,36-34+,37-33+. The maximum absolute atomic E-state index is 12.8. The van der Waals surface area contributed by atoms with Crippen molar-refractivity contribution in [2.24, 2.45) is 0 Å². The molecule has 0 bridgehead atoms. The van der Waals surface area contributed by atoms with E-state index in [9.17, 15) is 14.4 Å². The number of unbranched alkanes of at least 4 members (excludes halogenated alkanes) is 18. The number of allylic oxidation sites excluding steroid dienone is 22. The molecule has 64 heavy (non-hydrogen) atoms. The predicted octanol–water partition coefficient (Wildman–Crippen LogP) is 16.7. The van der Waals surface area contributed by atoms with Crippen molar-refractivity contribution in [3.8, 4) is 0 Å². The van der Waals surface area contributed by atoms with Gasteiger partial charge in [0.25, 0.3) is 0 Å². The van der Waals surface area contributed by atoms with E-state index < -0.39 is 6.10 Å². The van der Waals surface area contributed by atoms with E-state index in [1.807, 2.05) is 79.0 Å². The van der Waals surface area contributed by atoms with E-state index >= 15 is 0 Å². The molecular weight excluding hydrogens is 793 g/mol. The number of esters is 3. The molecule has 0 aromatic rings. The molecule has 0 spiro atoms. The summed E-state index contributed by atoms with van der Waals surface area (Å²) in [5.41, 5.74) is 0. The van der Waals surface area contributed by atoms with Gasteiger partial charge in [-0.15, -0.1) is 0 Å². The molecule has 0 saturated carbocycles. The Morgan fingerprint density at radius 2 is 0.625 bits per heavy atom. The first-order valence-corrected chi connectivity index (χ1v) is 25.3. The third-order valence-electron chi connectivity index (χ3n) is 10.1. The van der Waals surface area contributed by atoms with E-state index in [4.69, 9.17) is 14.2 Å². The average molecular weight is 883 g/mol. The van der Waals surface area contributed by atoms with Crippen molar-refractivity contribution in [2.75, 3.05) is 13.2 Å². The smallest absolute Gasteiger partial charge is 0.306 e. The highest BCUT2D eigenvalue weighted by molar-refractivity contribution is 5.71. The number of rotatable bonds is 43. The fourth-order valence-electron chi connectivity index (χ4n) is 6.36. The normalized spacial score (nSPS) is 13.2. The van der Waals surface area contributed by atoms with Crippen molar-refractivity contribution in [1.82, 2.24) is 0 Å². The highest BCUT2D eigenvalue weighted by Crippen LogP contribution is 2.13. The van der Waals surface area contributed by atoms with Crippen LogP contribution in [0.4, 0.5) is 0 Å². The van der Waals surface area contributed by atoms with Crippen LogP contribution in [0.25, 0.3) is 0 Å². The molecule has 0 aliphatic heterocycles. The summed E-state index contributed by atoms with van der Waals surface area (Å²) in [6.07, 6.45) is 71.4. The minimum absolute atomic E-state index is 0.115. The molecule has 6 nitrogen and oxygen atoms in total. The lowest BCUT2D eigenvalue weighted by Crippen LogP contribution is -2.30. The quantitative estimate of drug-likeness (QED) is 0.0200. The van der Waals surface area contributed by atoms with Crippen LogP contribution in [0.15, 0.2) is 134 Å². The Bertz CT molecular complexity index is 1430. The van der Waals surface area contributed by atoms with Crippen molar-refractivity contribution in [3.63, 3.8) is 0 Å². The molecule has 0 aliphatic rings. The molecule has 0 saturated heterocycles. The number of hydrogen-bond acceptors (Lipinski definition) is 6. The van der Waals surface area contributed by atoms with Crippen LogP contribution in [0.1, 0.15) is 194 Å². The molecule has 0 radical (unpaired) electrons. The summed E-state index contributed by atoms with van der Waals surface area (Å²) in [6, 6.07) is 0. The van der Waals surface area contributed by atoms with Gasteiger partial charge in [0.2, 0.25) is 0 Å². The first-order chi connectivity index (χ1) is 31.5. The van der Waals surface area contributed by atoms with Gasteiger partial charge in [-0.2, -0.15) is 0 Å². The Kier molecular flexibility index (Phi) is 47.6. The zero-order valence-corrected chi connectivity index (χ0v) is 40.7. The monoisotopic (exact) mass is 883 g/mol. The van der Waals surface area contributed by atoms with Gasteiger partial charge in [0.05, 0.1) is 0 Å². The minimum atomic E-state index is -0.818. The molecule has 0 fully saturated rings. The summed E-state index contributed by atoms with van der Waals surface area (Å²) < 4.78 is 16.7. The van der Waals surface area contributed by atoms with E-state index in [-0.39, 0.29) is 37.5 Å². The van der Waals surface area contributed by atoms with Crippen molar-refractivity contribution >= 4 is 17.9 Å². The molecule has 1 atom stereocenters. The third-order valence-corrected chi connectivity index (χ3v) is 10.1. The first-order valence-electron chi connectivity index (χ1n) is 25.3. The van der Waals surface area contributed by atoms with Gasteiger partial charge in [-0.05, 0) is 83.5 Å². The summed E-state index contributed by atoms with van der Waals surface area (Å²) in [5.74, 6) is -1.01. The molecule has 0 aromatic carbocycles. The van der Waals surface area contributed by atoms with Crippen LogP contribution in [0.5, 0.6) is 0 Å². The Hall–Kier alpha value is -4.45. The van der Waals surface area contributed by atoms with Gasteiger partial charge < -0.3 is 14.2 Å². The molecule has 1 unspecified atom stereocenters. The molecule has 0 rings (SSSR count). The van der Waals surface area contributed by atoms with Crippen LogP contribution in [-0.2, 0) is 28.6 Å². The Morgan fingerprint density at radius 1 is 0.328 bits per heavy atom. The lowest BCUT2D eigenvalue weighted by Gasteiger charge is -2.18. The lowest BCUT2D eigenvalue weighted by molar-refractivity contribution is -0.167. The van der Waals surface area contributed by atoms with Crippen LogP contribution < -0.4 is 0 Å². The van der Waals surface area contributed by atoms with Crippen LogP contribution in [0.2, 0.25) is 0 Å². The number of carbonyl (C=O) groups excluding carboxylic acids is 3. The van der Waals surface area contributed by atoms with Gasteiger partial charge in [0, 0.05) is 19.3 Å². The van der Waals surface area contributed by atoms with E-state index in [0.29, 0.717) is 12.8 Å². The second-order valence-electron chi connectivity index (χ2n) is 16.2. The average Bonchev–Trinajstić information content (AvgIpc) is 3.29. The fraction of sp³-hybridized carbons (Fsp3) is 0.569. The van der Waals surface area contributed by atoms with Gasteiger partial charge in [-0.25, -0.2) is 0 Å². The van der Waals surface area contributed by atoms with Gasteiger partial charge in [0.15, 0.2) is 6.10 Å². The molecule has 0 aliphatic carbocycles. The SMILES string of the molecule is CC/C=C/C=C/C=C/C=C/C=C/C=C/C=C/CCCCCC(=O)OCC(COC(=O)CCCCCCC/C=C/C=C/C=C/CC)OC(=O)CCCCC/C=C/CCCCCCCCC. The topological polar surface area (TPSA) is 78.9 Å². The summed E-state index contributed by atoms with van der Waals surface area (Å²) in [6.45, 7) is 6.26.